The fourth-order valence-corrected chi connectivity index (χ4v) is 3.58. The van der Waals surface area contributed by atoms with Crippen LogP contribution in [0.15, 0.2) is 40.0 Å². The molecule has 0 spiro atoms. The van der Waals surface area contributed by atoms with Crippen molar-refractivity contribution in [1.82, 2.24) is 25.4 Å². The summed E-state index contributed by atoms with van der Waals surface area (Å²) in [6.45, 7) is 3.39. The van der Waals surface area contributed by atoms with Gasteiger partial charge in [-0.15, -0.1) is 5.10 Å². The number of rotatable bonds is 7. The minimum Gasteiger partial charge on any atom is -0.376 e. The number of thioether (sulfide) groups is 1. The lowest BCUT2D eigenvalue weighted by Gasteiger charge is -2.09. The second-order valence-corrected chi connectivity index (χ2v) is 7.50. The van der Waals surface area contributed by atoms with Crippen molar-refractivity contribution in [1.29, 1.82) is 0 Å². The Morgan fingerprint density at radius 3 is 3.00 bits per heavy atom. The van der Waals surface area contributed by atoms with Gasteiger partial charge in [-0.1, -0.05) is 46.7 Å². The van der Waals surface area contributed by atoms with Crippen LogP contribution in [-0.2, 0) is 16.1 Å². The van der Waals surface area contributed by atoms with Crippen molar-refractivity contribution < 1.29 is 14.1 Å². The molecular weight excluding hydrogens is 380 g/mol. The van der Waals surface area contributed by atoms with Gasteiger partial charge in [0, 0.05) is 18.2 Å². The van der Waals surface area contributed by atoms with Crippen LogP contribution in [0.4, 0.5) is 5.88 Å². The van der Waals surface area contributed by atoms with Gasteiger partial charge in [-0.2, -0.15) is 0 Å². The molecule has 28 heavy (non-hydrogen) atoms. The number of benzene rings is 1. The highest BCUT2D eigenvalue weighted by atomic mass is 32.2. The molecule has 1 N–H and O–H groups in total. The first-order valence-electron chi connectivity index (χ1n) is 9.01. The van der Waals surface area contributed by atoms with E-state index in [2.05, 4.69) is 26.0 Å². The molecule has 1 atom stereocenters. The first kappa shape index (κ1) is 18.6. The second-order valence-electron chi connectivity index (χ2n) is 6.56. The van der Waals surface area contributed by atoms with Crippen LogP contribution in [0.2, 0.25) is 0 Å². The number of hydrogen-bond acceptors (Lipinski definition) is 8. The molecule has 4 rings (SSSR count). The average molecular weight is 400 g/mol. The molecule has 0 radical (unpaired) electrons. The van der Waals surface area contributed by atoms with Gasteiger partial charge in [-0.3, -0.25) is 10.1 Å². The van der Waals surface area contributed by atoms with Gasteiger partial charge in [0.25, 0.3) is 0 Å². The van der Waals surface area contributed by atoms with Gasteiger partial charge in [-0.25, -0.2) is 4.68 Å². The third kappa shape index (κ3) is 4.57. The van der Waals surface area contributed by atoms with Crippen molar-refractivity contribution in [2.45, 2.75) is 37.6 Å². The van der Waals surface area contributed by atoms with Gasteiger partial charge in [0.15, 0.2) is 0 Å². The quantitative estimate of drug-likeness (QED) is 0.603. The summed E-state index contributed by atoms with van der Waals surface area (Å²) in [6, 6.07) is 9.62. The normalized spacial score (nSPS) is 16.4. The Bertz CT molecular complexity index is 933. The number of ether oxygens (including phenoxy) is 1. The topological polar surface area (TPSA) is 108 Å². The second kappa shape index (κ2) is 8.53. The zero-order valence-corrected chi connectivity index (χ0v) is 16.2. The molecule has 10 heteroatoms. The summed E-state index contributed by atoms with van der Waals surface area (Å²) in [5.41, 5.74) is 2.76. The highest BCUT2D eigenvalue weighted by Gasteiger charge is 2.19. The number of tetrazole rings is 1. The first-order chi connectivity index (χ1) is 13.7. The Morgan fingerprint density at radius 2 is 2.21 bits per heavy atom. The first-order valence-corrected chi connectivity index (χ1v) is 10.00. The number of aryl methyl sites for hydroxylation is 1. The van der Waals surface area contributed by atoms with Gasteiger partial charge < -0.3 is 9.26 Å². The lowest BCUT2D eigenvalue weighted by molar-refractivity contribution is -0.113. The fourth-order valence-electron chi connectivity index (χ4n) is 2.89. The minimum absolute atomic E-state index is 0.131. The molecule has 1 amide bonds. The number of hydrogen-bond donors (Lipinski definition) is 1. The van der Waals surface area contributed by atoms with E-state index in [4.69, 9.17) is 9.26 Å². The number of nitrogens with zero attached hydrogens (tertiary/aromatic N) is 5. The molecule has 3 aromatic rings. The highest BCUT2D eigenvalue weighted by Crippen LogP contribution is 2.23. The monoisotopic (exact) mass is 400 g/mol. The van der Waals surface area contributed by atoms with E-state index in [1.165, 1.54) is 17.3 Å². The molecular formula is C18H20N6O3S. The number of anilines is 1. The third-order valence-corrected chi connectivity index (χ3v) is 5.31. The van der Waals surface area contributed by atoms with Crippen molar-refractivity contribution in [3.8, 4) is 11.3 Å². The lowest BCUT2D eigenvalue weighted by atomic mass is 10.1. The molecule has 1 aliphatic heterocycles. The van der Waals surface area contributed by atoms with Gasteiger partial charge in [0.2, 0.25) is 16.9 Å². The van der Waals surface area contributed by atoms with Crippen LogP contribution < -0.4 is 5.32 Å². The molecule has 9 nitrogen and oxygen atoms in total. The van der Waals surface area contributed by atoms with Gasteiger partial charge in [-0.05, 0) is 30.2 Å². The van der Waals surface area contributed by atoms with E-state index in [-0.39, 0.29) is 17.8 Å². The van der Waals surface area contributed by atoms with Crippen molar-refractivity contribution in [2.75, 3.05) is 17.7 Å². The molecule has 0 unspecified atom stereocenters. The van der Waals surface area contributed by atoms with E-state index in [9.17, 15) is 4.79 Å². The standard InChI is InChI=1S/C18H20N6O3S/c1-12-4-6-13(7-5-12)15-9-17(27-21-15)19-16(25)11-28-18-20-22-23-24(18)10-14-3-2-8-26-14/h4-7,9,14H,2-3,8,10-11H2,1H3,(H,19,25)/t14-/m1/s1. The Labute approximate surface area is 165 Å². The van der Waals surface area contributed by atoms with E-state index in [0.29, 0.717) is 23.3 Å². The Balaban J connectivity index is 1.30. The van der Waals surface area contributed by atoms with Crippen LogP contribution in [0.5, 0.6) is 0 Å². The van der Waals surface area contributed by atoms with Crippen LogP contribution >= 0.6 is 11.8 Å². The third-order valence-electron chi connectivity index (χ3n) is 4.35. The Morgan fingerprint density at radius 1 is 1.36 bits per heavy atom. The van der Waals surface area contributed by atoms with Crippen molar-refractivity contribution >= 4 is 23.6 Å². The average Bonchev–Trinajstić information content (AvgIpc) is 3.44. The van der Waals surface area contributed by atoms with E-state index in [1.54, 1.807) is 10.7 Å². The molecule has 0 saturated carbocycles. The SMILES string of the molecule is Cc1ccc(-c2cc(NC(=O)CSc3nnnn3C[C@H]3CCCO3)on2)cc1. The summed E-state index contributed by atoms with van der Waals surface area (Å²) in [6.07, 6.45) is 2.18. The summed E-state index contributed by atoms with van der Waals surface area (Å²) in [5.74, 6) is 0.246. The Kier molecular flexibility index (Phi) is 5.68. The maximum Gasteiger partial charge on any atom is 0.237 e. The predicted molar refractivity (Wildman–Crippen MR) is 103 cm³/mol. The molecule has 1 saturated heterocycles. The molecule has 1 aromatic carbocycles. The van der Waals surface area contributed by atoms with Gasteiger partial charge >= 0.3 is 0 Å². The fraction of sp³-hybridized carbons (Fsp3) is 0.389. The number of amides is 1. The maximum absolute atomic E-state index is 12.2. The van der Waals surface area contributed by atoms with E-state index in [1.807, 2.05) is 31.2 Å². The number of nitrogens with one attached hydrogen (secondary N) is 1. The maximum atomic E-state index is 12.2. The summed E-state index contributed by atoms with van der Waals surface area (Å²) in [7, 11) is 0. The number of carbonyl (C=O) groups is 1. The summed E-state index contributed by atoms with van der Waals surface area (Å²) < 4.78 is 12.5. The minimum atomic E-state index is -0.219. The van der Waals surface area contributed by atoms with E-state index in [0.717, 1.165) is 25.0 Å². The number of aromatic nitrogens is 5. The highest BCUT2D eigenvalue weighted by molar-refractivity contribution is 7.99. The zero-order valence-electron chi connectivity index (χ0n) is 15.4. The Hall–Kier alpha value is -2.72. The summed E-state index contributed by atoms with van der Waals surface area (Å²) in [4.78, 5) is 12.2. The summed E-state index contributed by atoms with van der Waals surface area (Å²) >= 11 is 1.27. The molecule has 2 aromatic heterocycles. The molecule has 146 valence electrons. The van der Waals surface area contributed by atoms with Crippen LogP contribution in [-0.4, -0.2) is 49.7 Å². The van der Waals surface area contributed by atoms with Crippen LogP contribution in [0.3, 0.4) is 0 Å². The lowest BCUT2D eigenvalue weighted by Crippen LogP contribution is -2.18. The van der Waals surface area contributed by atoms with Crippen molar-refractivity contribution in [3.05, 3.63) is 35.9 Å². The molecule has 0 aliphatic carbocycles. The van der Waals surface area contributed by atoms with Crippen molar-refractivity contribution in [3.63, 3.8) is 0 Å². The van der Waals surface area contributed by atoms with E-state index >= 15 is 0 Å². The molecule has 3 heterocycles. The molecule has 0 bridgehead atoms. The predicted octanol–water partition coefficient (Wildman–Crippen LogP) is 2.55. The van der Waals surface area contributed by atoms with Gasteiger partial charge in [0.05, 0.1) is 18.4 Å². The van der Waals surface area contributed by atoms with Gasteiger partial charge in [0.1, 0.15) is 5.69 Å². The molecule has 1 aliphatic rings. The number of carbonyl (C=O) groups excluding carboxylic acids is 1. The smallest absolute Gasteiger partial charge is 0.237 e. The van der Waals surface area contributed by atoms with Crippen molar-refractivity contribution in [2.24, 2.45) is 0 Å². The van der Waals surface area contributed by atoms with Crippen LogP contribution in [0.25, 0.3) is 11.3 Å². The zero-order chi connectivity index (χ0) is 19.3. The van der Waals surface area contributed by atoms with Crippen LogP contribution in [0, 0.1) is 6.92 Å². The van der Waals surface area contributed by atoms with Crippen LogP contribution in [0.1, 0.15) is 18.4 Å². The largest absolute Gasteiger partial charge is 0.376 e. The summed E-state index contributed by atoms with van der Waals surface area (Å²) in [5, 5.41) is 19.0. The molecule has 1 fully saturated rings. The van der Waals surface area contributed by atoms with E-state index < -0.39 is 0 Å².